The van der Waals surface area contributed by atoms with E-state index < -0.39 is 0 Å². The molecule has 3 nitrogen and oxygen atoms in total. The highest BCUT2D eigenvalue weighted by atomic mass is 32.1. The third-order valence-electron chi connectivity index (χ3n) is 3.92. The van der Waals surface area contributed by atoms with E-state index in [2.05, 4.69) is 43.3 Å². The van der Waals surface area contributed by atoms with Crippen LogP contribution in [0.25, 0.3) is 0 Å². The highest BCUT2D eigenvalue weighted by Crippen LogP contribution is 2.27. The van der Waals surface area contributed by atoms with Gasteiger partial charge in [0, 0.05) is 17.0 Å². The molecule has 0 aliphatic carbocycles. The Morgan fingerprint density at radius 3 is 2.70 bits per heavy atom. The molecule has 20 heavy (non-hydrogen) atoms. The lowest BCUT2D eigenvalue weighted by molar-refractivity contribution is 0.138. The van der Waals surface area contributed by atoms with Crippen molar-refractivity contribution in [1.29, 1.82) is 0 Å². The van der Waals surface area contributed by atoms with Crippen molar-refractivity contribution in [3.63, 3.8) is 0 Å². The number of likely N-dealkylation sites (N-methyl/N-ethyl adjacent to an activating group) is 1. The zero-order chi connectivity index (χ0) is 14.5. The number of hydrogen-bond donors (Lipinski definition) is 1. The molecule has 0 aliphatic rings. The number of nitrogens with two attached hydrogens (primary N) is 1. The van der Waals surface area contributed by atoms with Gasteiger partial charge in [0.1, 0.15) is 5.76 Å². The first kappa shape index (κ1) is 15.3. The Morgan fingerprint density at radius 1 is 1.35 bits per heavy atom. The first-order chi connectivity index (χ1) is 9.63. The minimum atomic E-state index is 0.0805. The molecule has 0 radical (unpaired) electrons. The van der Waals surface area contributed by atoms with Crippen LogP contribution >= 0.6 is 11.3 Å². The van der Waals surface area contributed by atoms with Crippen LogP contribution in [0.2, 0.25) is 0 Å². The highest BCUT2D eigenvalue weighted by molar-refractivity contribution is 7.09. The summed E-state index contributed by atoms with van der Waals surface area (Å²) in [6.45, 7) is 4.37. The molecule has 3 atom stereocenters. The van der Waals surface area contributed by atoms with Crippen LogP contribution in [0.1, 0.15) is 36.9 Å². The summed E-state index contributed by atoms with van der Waals surface area (Å²) in [6.07, 6.45) is 3.70. The first-order valence-electron chi connectivity index (χ1n) is 7.16. The van der Waals surface area contributed by atoms with E-state index in [1.54, 1.807) is 6.26 Å². The fraction of sp³-hybridized carbons (Fsp3) is 0.500. The van der Waals surface area contributed by atoms with Gasteiger partial charge in [-0.15, -0.1) is 11.3 Å². The molecule has 2 heterocycles. The first-order valence-corrected chi connectivity index (χ1v) is 8.04. The molecule has 2 aromatic heterocycles. The fourth-order valence-corrected chi connectivity index (χ4v) is 3.36. The average Bonchev–Trinajstić information content (AvgIpc) is 3.11. The molecular formula is C16H24N2OS. The largest absolute Gasteiger partial charge is 0.468 e. The number of furan rings is 1. The summed E-state index contributed by atoms with van der Waals surface area (Å²) in [7, 11) is 2.14. The van der Waals surface area contributed by atoms with Crippen molar-refractivity contribution >= 4 is 11.3 Å². The average molecular weight is 292 g/mol. The Bertz CT molecular complexity index is 481. The summed E-state index contributed by atoms with van der Waals surface area (Å²) in [6, 6.07) is 8.88. The van der Waals surface area contributed by atoms with Crippen LogP contribution in [0.4, 0.5) is 0 Å². The van der Waals surface area contributed by atoms with E-state index in [-0.39, 0.29) is 12.1 Å². The molecule has 3 unspecified atom stereocenters. The zero-order valence-electron chi connectivity index (χ0n) is 12.5. The van der Waals surface area contributed by atoms with E-state index in [4.69, 9.17) is 10.2 Å². The van der Waals surface area contributed by atoms with E-state index >= 15 is 0 Å². The van der Waals surface area contributed by atoms with Crippen molar-refractivity contribution in [3.8, 4) is 0 Å². The fourth-order valence-electron chi connectivity index (χ4n) is 2.53. The Morgan fingerprint density at radius 2 is 2.15 bits per heavy atom. The smallest absolute Gasteiger partial charge is 0.122 e. The lowest BCUT2D eigenvalue weighted by Crippen LogP contribution is -2.43. The molecule has 2 N–H and O–H groups in total. The van der Waals surface area contributed by atoms with Crippen LogP contribution in [0, 0.1) is 0 Å². The lowest BCUT2D eigenvalue weighted by Gasteiger charge is -2.35. The monoisotopic (exact) mass is 292 g/mol. The molecular weight excluding hydrogens is 268 g/mol. The Kier molecular flexibility index (Phi) is 5.40. The Hall–Kier alpha value is -1.10. The number of rotatable bonds is 7. The van der Waals surface area contributed by atoms with Crippen molar-refractivity contribution in [2.75, 3.05) is 7.05 Å². The summed E-state index contributed by atoms with van der Waals surface area (Å²) < 4.78 is 5.61. The maximum atomic E-state index is 6.32. The van der Waals surface area contributed by atoms with Gasteiger partial charge in [-0.2, -0.15) is 0 Å². The molecule has 0 aromatic carbocycles. The van der Waals surface area contributed by atoms with Gasteiger partial charge in [0.2, 0.25) is 0 Å². The van der Waals surface area contributed by atoms with Crippen LogP contribution in [-0.2, 0) is 6.42 Å². The quantitative estimate of drug-likeness (QED) is 0.846. The standard InChI is InChI=1S/C16H24N2OS/c1-4-14(17)16(15-8-5-9-19-15)18(3)12(2)11-13-7-6-10-20-13/h5-10,12,14,16H,4,11,17H2,1-3H3. The molecule has 0 spiro atoms. The summed E-state index contributed by atoms with van der Waals surface area (Å²) in [4.78, 5) is 3.75. The predicted molar refractivity (Wildman–Crippen MR) is 85.0 cm³/mol. The molecule has 0 bridgehead atoms. The molecule has 2 aromatic rings. The molecule has 0 amide bonds. The zero-order valence-corrected chi connectivity index (χ0v) is 13.3. The van der Waals surface area contributed by atoms with E-state index in [1.807, 2.05) is 23.5 Å². The summed E-state index contributed by atoms with van der Waals surface area (Å²) in [5.41, 5.74) is 6.32. The second-order valence-electron chi connectivity index (χ2n) is 5.33. The summed E-state index contributed by atoms with van der Waals surface area (Å²) in [5.74, 6) is 0.958. The van der Waals surface area contributed by atoms with Gasteiger partial charge in [0.15, 0.2) is 0 Å². The van der Waals surface area contributed by atoms with Crippen LogP contribution < -0.4 is 5.73 Å². The van der Waals surface area contributed by atoms with E-state index in [9.17, 15) is 0 Å². The third-order valence-corrected chi connectivity index (χ3v) is 4.82. The lowest BCUT2D eigenvalue weighted by atomic mass is 10.00. The van der Waals surface area contributed by atoms with Gasteiger partial charge in [-0.1, -0.05) is 13.0 Å². The second-order valence-corrected chi connectivity index (χ2v) is 6.36. The van der Waals surface area contributed by atoms with Gasteiger partial charge in [-0.05, 0) is 50.4 Å². The molecule has 0 fully saturated rings. The SMILES string of the molecule is CCC(N)C(c1ccco1)N(C)C(C)Cc1cccs1. The summed E-state index contributed by atoms with van der Waals surface area (Å²) in [5, 5.41) is 2.13. The maximum absolute atomic E-state index is 6.32. The normalized spacial score (nSPS) is 16.2. The molecule has 2 rings (SSSR count). The Balaban J connectivity index is 2.11. The van der Waals surface area contributed by atoms with Crippen LogP contribution in [0.5, 0.6) is 0 Å². The van der Waals surface area contributed by atoms with Crippen molar-refractivity contribution in [3.05, 3.63) is 46.5 Å². The number of thiophene rings is 1. The van der Waals surface area contributed by atoms with Crippen LogP contribution in [-0.4, -0.2) is 24.0 Å². The van der Waals surface area contributed by atoms with Gasteiger partial charge in [0.05, 0.1) is 12.3 Å². The van der Waals surface area contributed by atoms with E-state index in [0.717, 1.165) is 18.6 Å². The van der Waals surface area contributed by atoms with Crippen molar-refractivity contribution in [1.82, 2.24) is 4.90 Å². The summed E-state index contributed by atoms with van der Waals surface area (Å²) >= 11 is 1.81. The van der Waals surface area contributed by atoms with E-state index in [1.165, 1.54) is 4.88 Å². The molecule has 0 saturated carbocycles. The third kappa shape index (κ3) is 3.51. The minimum absolute atomic E-state index is 0.0805. The number of hydrogen-bond acceptors (Lipinski definition) is 4. The van der Waals surface area contributed by atoms with Gasteiger partial charge < -0.3 is 10.2 Å². The molecule has 4 heteroatoms. The Labute approximate surface area is 125 Å². The van der Waals surface area contributed by atoms with Crippen LogP contribution in [0.3, 0.4) is 0 Å². The van der Waals surface area contributed by atoms with Gasteiger partial charge in [-0.3, -0.25) is 4.90 Å². The molecule has 110 valence electrons. The van der Waals surface area contributed by atoms with Gasteiger partial charge in [0.25, 0.3) is 0 Å². The molecule has 0 saturated heterocycles. The highest BCUT2D eigenvalue weighted by Gasteiger charge is 2.28. The number of nitrogens with zero attached hydrogens (tertiary/aromatic N) is 1. The van der Waals surface area contributed by atoms with Crippen molar-refractivity contribution < 1.29 is 4.42 Å². The van der Waals surface area contributed by atoms with Gasteiger partial charge >= 0.3 is 0 Å². The van der Waals surface area contributed by atoms with Crippen molar-refractivity contribution in [2.45, 2.75) is 44.8 Å². The van der Waals surface area contributed by atoms with Gasteiger partial charge in [-0.25, -0.2) is 0 Å². The second kappa shape index (κ2) is 7.07. The van der Waals surface area contributed by atoms with Crippen LogP contribution in [0.15, 0.2) is 40.3 Å². The predicted octanol–water partition coefficient (Wildman–Crippen LogP) is 3.68. The van der Waals surface area contributed by atoms with Crippen molar-refractivity contribution in [2.24, 2.45) is 5.73 Å². The topological polar surface area (TPSA) is 42.4 Å². The van der Waals surface area contributed by atoms with E-state index in [0.29, 0.717) is 6.04 Å². The minimum Gasteiger partial charge on any atom is -0.468 e. The maximum Gasteiger partial charge on any atom is 0.122 e. The molecule has 0 aliphatic heterocycles.